The molecule has 7 amide bonds. The molecule has 0 radical (unpaired) electrons. The van der Waals surface area contributed by atoms with Gasteiger partial charge in [-0.2, -0.15) is 0 Å². The summed E-state index contributed by atoms with van der Waals surface area (Å²) >= 11 is 0. The molecule has 3 aliphatic heterocycles. The summed E-state index contributed by atoms with van der Waals surface area (Å²) in [5, 5.41) is 22.6. The van der Waals surface area contributed by atoms with Gasteiger partial charge in [0.15, 0.2) is 0 Å². The highest BCUT2D eigenvalue weighted by Gasteiger charge is 2.40. The maximum absolute atomic E-state index is 14.0. The lowest BCUT2D eigenvalue weighted by Crippen LogP contribution is -2.57. The van der Waals surface area contributed by atoms with Gasteiger partial charge in [-0.25, -0.2) is 0 Å². The summed E-state index contributed by atoms with van der Waals surface area (Å²) in [7, 11) is 0. The molecule has 2 aromatic rings. The number of hydrogen-bond acceptors (Lipinski definition) is 8. The summed E-state index contributed by atoms with van der Waals surface area (Å²) < 4.78 is 0. The highest BCUT2D eigenvalue weighted by Crippen LogP contribution is 2.22. The number of aromatic hydroxyl groups is 1. The van der Waals surface area contributed by atoms with Crippen LogP contribution in [0.15, 0.2) is 54.6 Å². The van der Waals surface area contributed by atoms with E-state index in [2.05, 4.69) is 26.6 Å². The molecule has 49 heavy (non-hydrogen) atoms. The van der Waals surface area contributed by atoms with Gasteiger partial charge in [0.25, 0.3) is 0 Å². The van der Waals surface area contributed by atoms with Crippen molar-refractivity contribution < 1.29 is 38.7 Å². The van der Waals surface area contributed by atoms with Gasteiger partial charge in [-0.05, 0) is 48.9 Å². The van der Waals surface area contributed by atoms with Crippen LogP contribution in [0.5, 0.6) is 5.75 Å². The molecule has 0 unspecified atom stereocenters. The first-order valence-electron chi connectivity index (χ1n) is 16.4. The first-order valence-corrected chi connectivity index (χ1v) is 16.4. The number of amides is 7. The van der Waals surface area contributed by atoms with Gasteiger partial charge in [-0.15, -0.1) is 0 Å². The lowest BCUT2D eigenvalue weighted by molar-refractivity contribution is -0.143. The van der Waals surface area contributed by atoms with E-state index < -0.39 is 85.2 Å². The SMILES string of the molecule is O=C1CNC(=O)[C@H](Cc2ccc(O)cc2)NC(=O)CNC(=O)[C@@H]2CCCN2C(=O)[C@H](Cc2ccccc2)NC(=O)[C@@H]2CCCN2C(=O)CN1. The van der Waals surface area contributed by atoms with Gasteiger partial charge in [-0.1, -0.05) is 42.5 Å². The molecule has 4 atom stereocenters. The maximum atomic E-state index is 14.0. The zero-order chi connectivity index (χ0) is 34.9. The lowest BCUT2D eigenvalue weighted by atomic mass is 10.0. The first kappa shape index (κ1) is 34.9. The normalized spacial score (nSPS) is 24.9. The van der Waals surface area contributed by atoms with Crippen LogP contribution in [0.1, 0.15) is 36.8 Å². The van der Waals surface area contributed by atoms with E-state index in [0.717, 1.165) is 5.56 Å². The molecular weight excluding hydrogens is 634 g/mol. The van der Waals surface area contributed by atoms with E-state index in [1.54, 1.807) is 12.1 Å². The largest absolute Gasteiger partial charge is 0.508 e. The molecule has 3 saturated heterocycles. The molecule has 0 aromatic heterocycles. The van der Waals surface area contributed by atoms with E-state index in [9.17, 15) is 38.7 Å². The van der Waals surface area contributed by atoms with Gasteiger partial charge >= 0.3 is 0 Å². The van der Waals surface area contributed by atoms with Crippen molar-refractivity contribution in [2.45, 2.75) is 62.7 Å². The van der Waals surface area contributed by atoms with E-state index >= 15 is 0 Å². The van der Waals surface area contributed by atoms with Crippen molar-refractivity contribution >= 4 is 41.4 Å². The minimum atomic E-state index is -1.15. The molecular formula is C34H41N7O8. The van der Waals surface area contributed by atoms with Crippen LogP contribution in [0.2, 0.25) is 0 Å². The fourth-order valence-electron chi connectivity index (χ4n) is 6.40. The number of carbonyl (C=O) groups is 7. The molecule has 0 saturated carbocycles. The van der Waals surface area contributed by atoms with Crippen LogP contribution < -0.4 is 26.6 Å². The van der Waals surface area contributed by atoms with Crippen LogP contribution in [-0.4, -0.2) is 113 Å². The third-order valence-corrected chi connectivity index (χ3v) is 8.92. The Hall–Kier alpha value is -5.47. The van der Waals surface area contributed by atoms with Crippen LogP contribution in [0.3, 0.4) is 0 Å². The van der Waals surface area contributed by atoms with Crippen molar-refractivity contribution in [3.8, 4) is 5.75 Å². The summed E-state index contributed by atoms with van der Waals surface area (Å²) in [6, 6.07) is 11.2. The number of fused-ring (bicyclic) bond motifs is 2. The number of rotatable bonds is 4. The Morgan fingerprint density at radius 2 is 1.18 bits per heavy atom. The van der Waals surface area contributed by atoms with Crippen molar-refractivity contribution in [1.82, 2.24) is 36.4 Å². The Labute approximate surface area is 283 Å². The zero-order valence-electron chi connectivity index (χ0n) is 27.0. The molecule has 15 nitrogen and oxygen atoms in total. The predicted octanol–water partition coefficient (Wildman–Crippen LogP) is -1.51. The van der Waals surface area contributed by atoms with Gasteiger partial charge in [0.05, 0.1) is 19.6 Å². The maximum Gasteiger partial charge on any atom is 0.246 e. The second-order valence-electron chi connectivity index (χ2n) is 12.4. The summed E-state index contributed by atoms with van der Waals surface area (Å²) in [6.45, 7) is -0.834. The summed E-state index contributed by atoms with van der Waals surface area (Å²) in [6.07, 6.45) is 1.96. The Balaban J connectivity index is 1.38. The number of hydrogen-bond donors (Lipinski definition) is 6. The van der Waals surface area contributed by atoms with Crippen LogP contribution >= 0.6 is 0 Å². The molecule has 5 rings (SSSR count). The Morgan fingerprint density at radius 1 is 0.592 bits per heavy atom. The highest BCUT2D eigenvalue weighted by atomic mass is 16.3. The predicted molar refractivity (Wildman–Crippen MR) is 174 cm³/mol. The minimum Gasteiger partial charge on any atom is -0.508 e. The third-order valence-electron chi connectivity index (χ3n) is 8.92. The lowest BCUT2D eigenvalue weighted by Gasteiger charge is -2.30. The molecule has 0 spiro atoms. The third kappa shape index (κ3) is 9.12. The standard InChI is InChI=1S/C34H41N7O8/c42-23-12-10-22(11-13-23)16-24-31(46)36-18-28(43)35-20-30(45)40-14-4-9-27(40)33(48)39-25(17-21-6-2-1-3-7-21)34(49)41-15-5-8-26(41)32(47)37-19-29(44)38-24/h1-3,6-7,10-13,24-27,42H,4-5,8-9,14-20H2,(H,35,43)(H,36,46)(H,37,47)(H,38,44)(H,39,48)/t24-,25-,26-,27-/m0/s1. The van der Waals surface area contributed by atoms with Gasteiger partial charge in [0.2, 0.25) is 41.4 Å². The second-order valence-corrected chi connectivity index (χ2v) is 12.4. The van der Waals surface area contributed by atoms with E-state index in [1.165, 1.54) is 21.9 Å². The average molecular weight is 676 g/mol. The number of nitrogens with zero attached hydrogens (tertiary/aromatic N) is 2. The van der Waals surface area contributed by atoms with Crippen molar-refractivity contribution in [2.75, 3.05) is 32.7 Å². The number of benzene rings is 2. The Morgan fingerprint density at radius 3 is 1.90 bits per heavy atom. The topological polar surface area (TPSA) is 206 Å². The molecule has 0 aliphatic carbocycles. The van der Waals surface area contributed by atoms with Gasteiger partial charge in [0, 0.05) is 25.9 Å². The van der Waals surface area contributed by atoms with Gasteiger partial charge in [0.1, 0.15) is 29.9 Å². The number of nitrogens with one attached hydrogen (secondary N) is 5. The quantitative estimate of drug-likeness (QED) is 0.224. The van der Waals surface area contributed by atoms with Crippen molar-refractivity contribution in [1.29, 1.82) is 0 Å². The first-order chi connectivity index (χ1) is 23.6. The van der Waals surface area contributed by atoms with E-state index in [-0.39, 0.29) is 31.7 Å². The smallest absolute Gasteiger partial charge is 0.246 e. The van der Waals surface area contributed by atoms with Crippen molar-refractivity contribution in [2.24, 2.45) is 0 Å². The number of phenols is 1. The molecule has 3 heterocycles. The van der Waals surface area contributed by atoms with Crippen LogP contribution in [0.4, 0.5) is 0 Å². The molecule has 3 fully saturated rings. The molecule has 15 heteroatoms. The molecule has 0 bridgehead atoms. The number of phenolic OH excluding ortho intramolecular Hbond substituents is 1. The van der Waals surface area contributed by atoms with Gasteiger partial charge in [-0.3, -0.25) is 33.6 Å². The highest BCUT2D eigenvalue weighted by molar-refractivity contribution is 5.97. The van der Waals surface area contributed by atoms with E-state index in [0.29, 0.717) is 31.2 Å². The molecule has 6 N–H and O–H groups in total. The average Bonchev–Trinajstić information content (AvgIpc) is 3.80. The Bertz CT molecular complexity index is 1570. The van der Waals surface area contributed by atoms with Crippen LogP contribution in [-0.2, 0) is 46.4 Å². The van der Waals surface area contributed by atoms with Crippen LogP contribution in [0.25, 0.3) is 0 Å². The van der Waals surface area contributed by atoms with E-state index in [1.807, 2.05) is 30.3 Å². The Kier molecular flexibility index (Phi) is 11.4. The summed E-state index contributed by atoms with van der Waals surface area (Å²) in [5.41, 5.74) is 1.40. The monoisotopic (exact) mass is 675 g/mol. The zero-order valence-corrected chi connectivity index (χ0v) is 27.0. The van der Waals surface area contributed by atoms with Crippen LogP contribution in [0, 0.1) is 0 Å². The minimum absolute atomic E-state index is 0.0109. The van der Waals surface area contributed by atoms with Crippen molar-refractivity contribution in [3.63, 3.8) is 0 Å². The fraction of sp³-hybridized carbons (Fsp3) is 0.441. The molecule has 3 aliphatic rings. The number of carbonyl (C=O) groups excluding carboxylic acids is 7. The van der Waals surface area contributed by atoms with Crippen molar-refractivity contribution in [3.05, 3.63) is 65.7 Å². The molecule has 260 valence electrons. The summed E-state index contributed by atoms with van der Waals surface area (Å²) in [5.74, 6) is -4.04. The second kappa shape index (κ2) is 16.1. The summed E-state index contributed by atoms with van der Waals surface area (Å²) in [4.78, 5) is 95.7. The van der Waals surface area contributed by atoms with Gasteiger partial charge < -0.3 is 41.5 Å². The van der Waals surface area contributed by atoms with E-state index in [4.69, 9.17) is 0 Å². The fourth-order valence-corrected chi connectivity index (χ4v) is 6.40. The molecule has 2 aromatic carbocycles.